The summed E-state index contributed by atoms with van der Waals surface area (Å²) in [7, 11) is 2.56. The van der Waals surface area contributed by atoms with Gasteiger partial charge in [0.1, 0.15) is 0 Å². The summed E-state index contributed by atoms with van der Waals surface area (Å²) in [6.07, 6.45) is 3.15. The van der Waals surface area contributed by atoms with Gasteiger partial charge in [-0.2, -0.15) is 0 Å². The van der Waals surface area contributed by atoms with E-state index in [1.54, 1.807) is 21.3 Å². The van der Waals surface area contributed by atoms with E-state index in [9.17, 15) is 0 Å². The molecule has 3 N–H and O–H groups in total. The van der Waals surface area contributed by atoms with Gasteiger partial charge in [0.15, 0.2) is 0 Å². The van der Waals surface area contributed by atoms with Crippen LogP contribution in [0.5, 0.6) is 0 Å². The van der Waals surface area contributed by atoms with Crippen LogP contribution in [0.2, 0.25) is 5.54 Å². The number of hydrogen-bond acceptors (Lipinski definition) is 5. The van der Waals surface area contributed by atoms with Gasteiger partial charge < -0.3 is 24.3 Å². The molecule has 0 aromatic rings. The van der Waals surface area contributed by atoms with Gasteiger partial charge in [-0.05, 0) is 25.8 Å². The molecular formula is C11H28N2O3Si. The highest BCUT2D eigenvalue weighted by Crippen LogP contribution is 2.31. The lowest BCUT2D eigenvalue weighted by molar-refractivity contribution is 0.108. The number of nitrogens with one attached hydrogen (secondary N) is 1. The summed E-state index contributed by atoms with van der Waals surface area (Å²) in [5.41, 5.74) is 5.78. The van der Waals surface area contributed by atoms with Crippen molar-refractivity contribution in [2.24, 2.45) is 5.73 Å². The maximum absolute atomic E-state index is 5.52. The van der Waals surface area contributed by atoms with E-state index in [0.717, 1.165) is 32.4 Å². The highest BCUT2D eigenvalue weighted by Gasteiger charge is 2.45. The maximum Gasteiger partial charge on any atom is 0.503 e. The van der Waals surface area contributed by atoms with Gasteiger partial charge in [0, 0.05) is 40.0 Å². The predicted octanol–water partition coefficient (Wildman–Crippen LogP) is 0.973. The highest BCUT2D eigenvalue weighted by molar-refractivity contribution is 6.62. The van der Waals surface area contributed by atoms with Crippen molar-refractivity contribution in [1.29, 1.82) is 0 Å². The zero-order valence-corrected chi connectivity index (χ0v) is 12.6. The van der Waals surface area contributed by atoms with Crippen LogP contribution in [0.4, 0.5) is 0 Å². The third-order valence-electron chi connectivity index (χ3n) is 3.07. The summed E-state index contributed by atoms with van der Waals surface area (Å²) in [6.45, 7) is 4.69. The third kappa shape index (κ3) is 5.46. The van der Waals surface area contributed by atoms with Gasteiger partial charge >= 0.3 is 8.80 Å². The molecule has 0 heterocycles. The van der Waals surface area contributed by atoms with E-state index in [-0.39, 0.29) is 0 Å². The molecule has 0 spiro atoms. The Morgan fingerprint density at radius 2 is 1.71 bits per heavy atom. The zero-order valence-electron chi connectivity index (χ0n) is 11.6. The van der Waals surface area contributed by atoms with E-state index in [4.69, 9.17) is 19.0 Å². The normalized spacial score (nSPS) is 13.9. The lowest BCUT2D eigenvalue weighted by Crippen LogP contribution is -2.47. The van der Waals surface area contributed by atoms with E-state index < -0.39 is 8.80 Å². The molecule has 0 aliphatic carbocycles. The first-order valence-corrected chi connectivity index (χ1v) is 8.07. The number of rotatable bonds is 11. The van der Waals surface area contributed by atoms with Crippen molar-refractivity contribution in [2.75, 3.05) is 41.0 Å². The Balaban J connectivity index is 4.11. The van der Waals surface area contributed by atoms with Gasteiger partial charge in [0.25, 0.3) is 0 Å². The Morgan fingerprint density at radius 1 is 1.12 bits per heavy atom. The van der Waals surface area contributed by atoms with Crippen molar-refractivity contribution in [2.45, 2.75) is 31.7 Å². The average molecular weight is 264 g/mol. The Morgan fingerprint density at radius 3 is 2.12 bits per heavy atom. The van der Waals surface area contributed by atoms with Crippen LogP contribution in [-0.2, 0) is 13.3 Å². The second kappa shape index (κ2) is 9.99. The number of nitrogens with two attached hydrogens (primary N) is 1. The Hall–Kier alpha value is 0.0169. The van der Waals surface area contributed by atoms with Crippen molar-refractivity contribution >= 4 is 8.80 Å². The minimum Gasteiger partial charge on any atom is -0.377 e. The molecule has 0 bridgehead atoms. The fraction of sp³-hybridized carbons (Fsp3) is 1.00. The lowest BCUT2D eigenvalue weighted by Gasteiger charge is -2.31. The van der Waals surface area contributed by atoms with E-state index in [0.29, 0.717) is 12.1 Å². The molecule has 6 heteroatoms. The van der Waals surface area contributed by atoms with Crippen molar-refractivity contribution < 1.29 is 13.3 Å². The molecule has 1 unspecified atom stereocenters. The second-order valence-electron chi connectivity index (χ2n) is 4.00. The van der Waals surface area contributed by atoms with E-state index in [1.807, 2.05) is 0 Å². The van der Waals surface area contributed by atoms with Crippen molar-refractivity contribution in [3.05, 3.63) is 0 Å². The van der Waals surface area contributed by atoms with Crippen molar-refractivity contribution in [3.63, 3.8) is 0 Å². The minimum absolute atomic E-state index is 0.363. The second-order valence-corrected chi connectivity index (χ2v) is 7.25. The third-order valence-corrected chi connectivity index (χ3v) is 6.48. The van der Waals surface area contributed by atoms with Crippen molar-refractivity contribution in [3.8, 4) is 0 Å². The van der Waals surface area contributed by atoms with Crippen LogP contribution in [0, 0.1) is 0 Å². The first kappa shape index (κ1) is 17.0. The largest absolute Gasteiger partial charge is 0.503 e. The van der Waals surface area contributed by atoms with Crippen LogP contribution in [0.1, 0.15) is 26.2 Å². The molecular weight excluding hydrogens is 236 g/mol. The molecule has 5 nitrogen and oxygen atoms in total. The summed E-state index contributed by atoms with van der Waals surface area (Å²) in [4.78, 5) is 0. The van der Waals surface area contributed by atoms with E-state index >= 15 is 0 Å². The molecule has 0 aromatic heterocycles. The van der Waals surface area contributed by atoms with E-state index in [1.165, 1.54) is 0 Å². The van der Waals surface area contributed by atoms with Crippen LogP contribution in [0.25, 0.3) is 0 Å². The molecule has 0 saturated carbocycles. The highest BCUT2D eigenvalue weighted by atomic mass is 28.4. The SMILES string of the molecule is CCC(CCCNCCN)[Si](OC)(OC)OC. The summed E-state index contributed by atoms with van der Waals surface area (Å²) in [6, 6.07) is 0. The monoisotopic (exact) mass is 264 g/mol. The molecule has 104 valence electrons. The molecule has 17 heavy (non-hydrogen) atoms. The van der Waals surface area contributed by atoms with Gasteiger partial charge in [-0.1, -0.05) is 6.92 Å². The predicted molar refractivity (Wildman–Crippen MR) is 72.0 cm³/mol. The molecule has 0 radical (unpaired) electrons. The van der Waals surface area contributed by atoms with Gasteiger partial charge in [-0.15, -0.1) is 0 Å². The Bertz CT molecular complexity index is 172. The van der Waals surface area contributed by atoms with E-state index in [2.05, 4.69) is 12.2 Å². The molecule has 0 saturated heterocycles. The zero-order chi connectivity index (χ0) is 13.1. The molecule has 0 aliphatic heterocycles. The Kier molecular flexibility index (Phi) is 10.00. The molecule has 0 aliphatic rings. The first-order chi connectivity index (χ1) is 8.20. The minimum atomic E-state index is -2.47. The van der Waals surface area contributed by atoms with Crippen LogP contribution < -0.4 is 11.1 Å². The van der Waals surface area contributed by atoms with Crippen LogP contribution >= 0.6 is 0 Å². The summed E-state index contributed by atoms with van der Waals surface area (Å²) in [5, 5.41) is 3.29. The molecule has 1 atom stereocenters. The molecule has 0 fully saturated rings. The fourth-order valence-electron chi connectivity index (χ4n) is 2.08. The first-order valence-electron chi connectivity index (χ1n) is 6.26. The number of hydrogen-bond donors (Lipinski definition) is 2. The summed E-state index contributed by atoms with van der Waals surface area (Å²) < 4.78 is 16.6. The molecule has 0 rings (SSSR count). The quantitative estimate of drug-likeness (QED) is 0.430. The smallest absolute Gasteiger partial charge is 0.377 e. The topological polar surface area (TPSA) is 65.7 Å². The summed E-state index contributed by atoms with van der Waals surface area (Å²) in [5.74, 6) is 0. The average Bonchev–Trinajstić information content (AvgIpc) is 2.38. The fourth-order valence-corrected chi connectivity index (χ4v) is 4.64. The molecule has 0 aromatic carbocycles. The van der Waals surface area contributed by atoms with Gasteiger partial charge in [0.05, 0.1) is 0 Å². The van der Waals surface area contributed by atoms with Gasteiger partial charge in [-0.25, -0.2) is 0 Å². The van der Waals surface area contributed by atoms with Gasteiger partial charge in [-0.3, -0.25) is 0 Å². The van der Waals surface area contributed by atoms with Crippen LogP contribution in [0.3, 0.4) is 0 Å². The summed E-state index contributed by atoms with van der Waals surface area (Å²) >= 11 is 0. The maximum atomic E-state index is 5.52. The standard InChI is InChI=1S/C11H28N2O3Si/c1-5-11(7-6-9-13-10-8-12)17(14-2,15-3)16-4/h11,13H,5-10,12H2,1-4H3. The Labute approximate surface area is 106 Å². The van der Waals surface area contributed by atoms with Crippen LogP contribution in [0.15, 0.2) is 0 Å². The van der Waals surface area contributed by atoms with Crippen LogP contribution in [-0.4, -0.2) is 49.8 Å². The van der Waals surface area contributed by atoms with Crippen molar-refractivity contribution in [1.82, 2.24) is 5.32 Å². The lowest BCUT2D eigenvalue weighted by atomic mass is 10.2. The van der Waals surface area contributed by atoms with Gasteiger partial charge in [0.2, 0.25) is 0 Å². The molecule has 0 amide bonds.